The van der Waals surface area contributed by atoms with Gasteiger partial charge in [-0.3, -0.25) is 19.4 Å². The Bertz CT molecular complexity index is 1130. The molecule has 144 valence electrons. The van der Waals surface area contributed by atoms with Gasteiger partial charge in [0, 0.05) is 18.0 Å². The number of H-pyrrole nitrogens is 1. The SMILES string of the molecule is CC(C)n1[nH]c(=O)c2c1NC(=O)C[C@@H]2c1ccc(-c2cccc(C(=O)O)c2)o1. The quantitative estimate of drug-likeness (QED) is 0.641. The van der Waals surface area contributed by atoms with Gasteiger partial charge in [-0.15, -0.1) is 0 Å². The van der Waals surface area contributed by atoms with Gasteiger partial charge in [0.05, 0.1) is 17.0 Å². The first kappa shape index (κ1) is 17.8. The van der Waals surface area contributed by atoms with Gasteiger partial charge in [0.1, 0.15) is 17.3 Å². The number of aromatic carboxylic acids is 1. The Morgan fingerprint density at radius 3 is 2.75 bits per heavy atom. The average Bonchev–Trinajstić information content (AvgIpc) is 3.26. The molecule has 0 fully saturated rings. The monoisotopic (exact) mass is 381 g/mol. The lowest BCUT2D eigenvalue weighted by atomic mass is 9.92. The smallest absolute Gasteiger partial charge is 0.335 e. The van der Waals surface area contributed by atoms with Gasteiger partial charge >= 0.3 is 5.97 Å². The Morgan fingerprint density at radius 2 is 2.04 bits per heavy atom. The van der Waals surface area contributed by atoms with Crippen molar-refractivity contribution in [3.05, 3.63) is 63.6 Å². The van der Waals surface area contributed by atoms with Gasteiger partial charge in [0.2, 0.25) is 5.91 Å². The summed E-state index contributed by atoms with van der Waals surface area (Å²) in [6.45, 7) is 3.82. The zero-order valence-corrected chi connectivity index (χ0v) is 15.4. The number of anilines is 1. The Hall–Kier alpha value is -3.55. The summed E-state index contributed by atoms with van der Waals surface area (Å²) in [5, 5.41) is 14.7. The number of rotatable bonds is 4. The molecule has 2 aromatic heterocycles. The van der Waals surface area contributed by atoms with E-state index in [4.69, 9.17) is 9.52 Å². The molecule has 8 nitrogen and oxygen atoms in total. The standard InChI is InChI=1S/C20H19N3O5/c1-10(2)23-18-17(19(25)22-23)13(9-16(24)21-18)15-7-6-14(28-15)11-4-3-5-12(8-11)20(26)27/h3-8,10,13H,9H2,1-2H3,(H,21,24)(H,22,25)(H,26,27)/t13-/m1/s1. The van der Waals surface area contributed by atoms with Gasteiger partial charge in [0.25, 0.3) is 5.56 Å². The highest BCUT2D eigenvalue weighted by Crippen LogP contribution is 2.38. The molecule has 0 saturated heterocycles. The summed E-state index contributed by atoms with van der Waals surface area (Å²) in [5.41, 5.74) is 0.966. The minimum Gasteiger partial charge on any atom is -0.478 e. The first-order chi connectivity index (χ1) is 13.3. The lowest BCUT2D eigenvalue weighted by Crippen LogP contribution is -2.27. The number of carbonyl (C=O) groups is 2. The van der Waals surface area contributed by atoms with Gasteiger partial charge in [-0.2, -0.15) is 0 Å². The number of fused-ring (bicyclic) bond motifs is 1. The summed E-state index contributed by atoms with van der Waals surface area (Å²) in [5.74, 6) is -0.305. The minimum absolute atomic E-state index is 0.0265. The number of carboxylic acids is 1. The summed E-state index contributed by atoms with van der Waals surface area (Å²) in [4.78, 5) is 36.0. The summed E-state index contributed by atoms with van der Waals surface area (Å²) >= 11 is 0. The van der Waals surface area contributed by atoms with Crippen LogP contribution in [0.1, 0.15) is 53.9 Å². The summed E-state index contributed by atoms with van der Waals surface area (Å²) in [6, 6.07) is 9.82. The van der Waals surface area contributed by atoms with E-state index in [-0.39, 0.29) is 29.5 Å². The van der Waals surface area contributed by atoms with Crippen LogP contribution in [-0.4, -0.2) is 26.8 Å². The number of aromatic nitrogens is 2. The molecule has 3 aromatic rings. The maximum Gasteiger partial charge on any atom is 0.335 e. The summed E-state index contributed by atoms with van der Waals surface area (Å²) in [6.07, 6.45) is 0.0975. The Balaban J connectivity index is 1.76. The molecule has 1 atom stereocenters. The van der Waals surface area contributed by atoms with Crippen LogP contribution in [-0.2, 0) is 4.79 Å². The highest BCUT2D eigenvalue weighted by atomic mass is 16.4. The Kier molecular flexibility index (Phi) is 4.18. The zero-order valence-electron chi connectivity index (χ0n) is 15.4. The molecule has 8 heteroatoms. The molecular formula is C20H19N3O5. The molecule has 4 rings (SSSR count). The van der Waals surface area contributed by atoms with Gasteiger partial charge in [-0.25, -0.2) is 4.79 Å². The normalized spacial score (nSPS) is 16.1. The number of nitrogens with zero attached hydrogens (tertiary/aromatic N) is 1. The molecule has 0 aliphatic carbocycles. The van der Waals surface area contributed by atoms with Gasteiger partial charge in [-0.1, -0.05) is 12.1 Å². The molecule has 1 aromatic carbocycles. The van der Waals surface area contributed by atoms with Gasteiger partial charge in [0.15, 0.2) is 0 Å². The van der Waals surface area contributed by atoms with Crippen LogP contribution in [0.15, 0.2) is 45.6 Å². The number of hydrogen-bond acceptors (Lipinski definition) is 4. The molecule has 28 heavy (non-hydrogen) atoms. The molecule has 3 N–H and O–H groups in total. The summed E-state index contributed by atoms with van der Waals surface area (Å²) < 4.78 is 7.58. The average molecular weight is 381 g/mol. The number of carbonyl (C=O) groups excluding carboxylic acids is 1. The van der Waals surface area contributed by atoms with Crippen molar-refractivity contribution in [2.24, 2.45) is 0 Å². The second-order valence-electron chi connectivity index (χ2n) is 7.06. The van der Waals surface area contributed by atoms with E-state index < -0.39 is 11.9 Å². The van der Waals surface area contributed by atoms with E-state index in [2.05, 4.69) is 10.4 Å². The topological polar surface area (TPSA) is 117 Å². The third kappa shape index (κ3) is 2.92. The van der Waals surface area contributed by atoms with Crippen LogP contribution < -0.4 is 10.9 Å². The van der Waals surface area contributed by atoms with E-state index in [1.54, 1.807) is 28.9 Å². The van der Waals surface area contributed by atoms with Gasteiger partial charge < -0.3 is 14.8 Å². The second kappa shape index (κ2) is 6.56. The van der Waals surface area contributed by atoms with Crippen LogP contribution in [0, 0.1) is 0 Å². The van der Waals surface area contributed by atoms with Crippen LogP contribution >= 0.6 is 0 Å². The van der Waals surface area contributed by atoms with Crippen molar-refractivity contribution in [3.63, 3.8) is 0 Å². The number of furan rings is 1. The lowest BCUT2D eigenvalue weighted by molar-refractivity contribution is -0.116. The van der Waals surface area contributed by atoms with Gasteiger partial charge in [-0.05, 0) is 38.1 Å². The van der Waals surface area contributed by atoms with Crippen molar-refractivity contribution in [1.29, 1.82) is 0 Å². The van der Waals surface area contributed by atoms with E-state index >= 15 is 0 Å². The predicted molar refractivity (Wildman–Crippen MR) is 102 cm³/mol. The molecule has 0 bridgehead atoms. The van der Waals surface area contributed by atoms with E-state index in [1.165, 1.54) is 12.1 Å². The highest BCUT2D eigenvalue weighted by Gasteiger charge is 2.34. The third-order valence-electron chi connectivity index (χ3n) is 4.84. The van der Waals surface area contributed by atoms with E-state index in [9.17, 15) is 14.4 Å². The third-order valence-corrected chi connectivity index (χ3v) is 4.84. The van der Waals surface area contributed by atoms with Crippen molar-refractivity contribution in [2.45, 2.75) is 32.2 Å². The summed E-state index contributed by atoms with van der Waals surface area (Å²) in [7, 11) is 0. The number of benzene rings is 1. The maximum atomic E-state index is 12.5. The fourth-order valence-electron chi connectivity index (χ4n) is 3.52. The molecule has 0 radical (unpaired) electrons. The Labute approximate surface area is 159 Å². The first-order valence-electron chi connectivity index (χ1n) is 8.93. The molecule has 1 aliphatic heterocycles. The van der Waals surface area contributed by atoms with Crippen LogP contribution in [0.4, 0.5) is 5.82 Å². The number of hydrogen-bond donors (Lipinski definition) is 3. The molecule has 1 aliphatic rings. The van der Waals surface area contributed by atoms with E-state index in [0.29, 0.717) is 28.5 Å². The van der Waals surface area contributed by atoms with Crippen molar-refractivity contribution < 1.29 is 19.1 Å². The molecule has 0 spiro atoms. The van der Waals surface area contributed by atoms with Crippen LogP contribution in [0.25, 0.3) is 11.3 Å². The fourth-order valence-corrected chi connectivity index (χ4v) is 3.52. The number of nitrogens with one attached hydrogen (secondary N) is 2. The maximum absolute atomic E-state index is 12.5. The molecule has 0 unspecified atom stereocenters. The van der Waals surface area contributed by atoms with Crippen LogP contribution in [0.2, 0.25) is 0 Å². The molecular weight excluding hydrogens is 362 g/mol. The van der Waals surface area contributed by atoms with Crippen molar-refractivity contribution in [3.8, 4) is 11.3 Å². The van der Waals surface area contributed by atoms with E-state index in [1.807, 2.05) is 13.8 Å². The number of amides is 1. The van der Waals surface area contributed by atoms with Crippen LogP contribution in [0.3, 0.4) is 0 Å². The molecule has 3 heterocycles. The van der Waals surface area contributed by atoms with Crippen LogP contribution in [0.5, 0.6) is 0 Å². The first-order valence-corrected chi connectivity index (χ1v) is 8.93. The predicted octanol–water partition coefficient (Wildman–Crippen LogP) is 3.19. The van der Waals surface area contributed by atoms with Crippen molar-refractivity contribution in [1.82, 2.24) is 9.78 Å². The van der Waals surface area contributed by atoms with Crippen molar-refractivity contribution in [2.75, 3.05) is 5.32 Å². The van der Waals surface area contributed by atoms with E-state index in [0.717, 1.165) is 0 Å². The Morgan fingerprint density at radius 1 is 1.25 bits per heavy atom. The largest absolute Gasteiger partial charge is 0.478 e. The number of aromatic amines is 1. The fraction of sp³-hybridized carbons (Fsp3) is 0.250. The van der Waals surface area contributed by atoms with Crippen molar-refractivity contribution >= 4 is 17.7 Å². The molecule has 1 amide bonds. The lowest BCUT2D eigenvalue weighted by Gasteiger charge is -2.22. The number of carboxylic acid groups (broad SMARTS) is 1. The zero-order chi connectivity index (χ0) is 20.0. The highest BCUT2D eigenvalue weighted by molar-refractivity contribution is 5.94. The second-order valence-corrected chi connectivity index (χ2v) is 7.06. The molecule has 0 saturated carbocycles. The minimum atomic E-state index is -1.02.